The minimum atomic E-state index is -0.280. The van der Waals surface area contributed by atoms with E-state index in [2.05, 4.69) is 44.7 Å². The molecule has 2 amide bonds. The Labute approximate surface area is 206 Å². The summed E-state index contributed by atoms with van der Waals surface area (Å²) >= 11 is 0. The van der Waals surface area contributed by atoms with Crippen molar-refractivity contribution in [2.75, 3.05) is 50.5 Å². The van der Waals surface area contributed by atoms with Gasteiger partial charge in [-0.15, -0.1) is 0 Å². The van der Waals surface area contributed by atoms with Crippen molar-refractivity contribution in [3.63, 3.8) is 0 Å². The summed E-state index contributed by atoms with van der Waals surface area (Å²) in [4.78, 5) is 30.4. The summed E-state index contributed by atoms with van der Waals surface area (Å²) in [5.74, 6) is 0.316. The van der Waals surface area contributed by atoms with E-state index >= 15 is 0 Å². The number of anilines is 2. The molecule has 7 heteroatoms. The van der Waals surface area contributed by atoms with Crippen LogP contribution < -0.4 is 15.4 Å². The van der Waals surface area contributed by atoms with Crippen molar-refractivity contribution in [1.82, 2.24) is 9.80 Å². The van der Waals surface area contributed by atoms with Gasteiger partial charge in [-0.05, 0) is 61.5 Å². The molecule has 1 aliphatic heterocycles. The Morgan fingerprint density at radius 1 is 0.800 bits per heavy atom. The topological polar surface area (TPSA) is 73.9 Å². The molecule has 0 unspecified atom stereocenters. The standard InChI is InChI=1S/C28H32N4O3/c1-35-24-14-12-23(13-15-24)29-28(34)25-10-5-6-11-26(25)30-27(33)21-32-17-7-16-31(18-19-32)20-22-8-3-2-4-9-22/h2-6,8-15H,7,16-21H2,1H3,(H,29,34)(H,30,33). The van der Waals surface area contributed by atoms with E-state index < -0.39 is 0 Å². The number of para-hydroxylation sites is 1. The molecule has 2 N–H and O–H groups in total. The van der Waals surface area contributed by atoms with Crippen LogP contribution in [0.2, 0.25) is 0 Å². The molecular weight excluding hydrogens is 440 g/mol. The van der Waals surface area contributed by atoms with Crippen LogP contribution in [0.5, 0.6) is 5.75 Å². The molecule has 7 nitrogen and oxygen atoms in total. The second kappa shape index (κ2) is 12.1. The van der Waals surface area contributed by atoms with Crippen LogP contribution in [0.1, 0.15) is 22.3 Å². The van der Waals surface area contributed by atoms with E-state index in [0.717, 1.165) is 39.1 Å². The number of hydrogen-bond donors (Lipinski definition) is 2. The third-order valence-corrected chi connectivity index (χ3v) is 6.09. The fourth-order valence-corrected chi connectivity index (χ4v) is 4.24. The first-order chi connectivity index (χ1) is 17.1. The number of ether oxygens (including phenoxy) is 1. The number of nitrogens with one attached hydrogen (secondary N) is 2. The van der Waals surface area contributed by atoms with Gasteiger partial charge in [0.05, 0.1) is 24.9 Å². The third-order valence-electron chi connectivity index (χ3n) is 6.09. The molecule has 1 aliphatic rings. The van der Waals surface area contributed by atoms with Crippen molar-refractivity contribution >= 4 is 23.2 Å². The van der Waals surface area contributed by atoms with Crippen molar-refractivity contribution in [1.29, 1.82) is 0 Å². The first-order valence-corrected chi connectivity index (χ1v) is 11.9. The summed E-state index contributed by atoms with van der Waals surface area (Å²) in [5, 5.41) is 5.82. The van der Waals surface area contributed by atoms with E-state index in [1.807, 2.05) is 12.1 Å². The normalized spacial score (nSPS) is 14.7. The Balaban J connectivity index is 1.31. The van der Waals surface area contributed by atoms with Gasteiger partial charge in [-0.25, -0.2) is 0 Å². The van der Waals surface area contributed by atoms with E-state index in [9.17, 15) is 9.59 Å². The number of carbonyl (C=O) groups is 2. The molecule has 0 radical (unpaired) electrons. The molecule has 182 valence electrons. The highest BCUT2D eigenvalue weighted by atomic mass is 16.5. The van der Waals surface area contributed by atoms with E-state index in [1.54, 1.807) is 49.6 Å². The number of nitrogens with zero attached hydrogens (tertiary/aromatic N) is 2. The number of methoxy groups -OCH3 is 1. The lowest BCUT2D eigenvalue weighted by atomic mass is 10.1. The Morgan fingerprint density at radius 3 is 2.26 bits per heavy atom. The van der Waals surface area contributed by atoms with Crippen molar-refractivity contribution in [3.05, 3.63) is 90.0 Å². The lowest BCUT2D eigenvalue weighted by molar-refractivity contribution is -0.117. The van der Waals surface area contributed by atoms with Crippen molar-refractivity contribution in [2.24, 2.45) is 0 Å². The maximum atomic E-state index is 12.9. The van der Waals surface area contributed by atoms with Crippen LogP contribution >= 0.6 is 0 Å². The Hall–Kier alpha value is -3.68. The minimum absolute atomic E-state index is 0.119. The van der Waals surface area contributed by atoms with E-state index in [4.69, 9.17) is 4.74 Å². The molecule has 3 aromatic carbocycles. The van der Waals surface area contributed by atoms with Gasteiger partial charge in [-0.1, -0.05) is 42.5 Å². The smallest absolute Gasteiger partial charge is 0.257 e. The van der Waals surface area contributed by atoms with E-state index in [-0.39, 0.29) is 11.8 Å². The van der Waals surface area contributed by atoms with Gasteiger partial charge in [0.1, 0.15) is 5.75 Å². The molecular formula is C28H32N4O3. The van der Waals surface area contributed by atoms with Crippen LogP contribution in [-0.4, -0.2) is 61.4 Å². The van der Waals surface area contributed by atoms with Gasteiger partial charge in [0.2, 0.25) is 5.91 Å². The van der Waals surface area contributed by atoms with Crippen LogP contribution in [0, 0.1) is 0 Å². The highest BCUT2D eigenvalue weighted by Crippen LogP contribution is 2.20. The molecule has 0 spiro atoms. The molecule has 0 bridgehead atoms. The van der Waals surface area contributed by atoms with Crippen molar-refractivity contribution in [3.8, 4) is 5.75 Å². The molecule has 0 saturated carbocycles. The predicted molar refractivity (Wildman–Crippen MR) is 139 cm³/mol. The second-order valence-corrected chi connectivity index (χ2v) is 8.67. The fourth-order valence-electron chi connectivity index (χ4n) is 4.24. The summed E-state index contributed by atoms with van der Waals surface area (Å²) in [6, 6.07) is 24.7. The number of amides is 2. The molecule has 1 saturated heterocycles. The summed E-state index contributed by atoms with van der Waals surface area (Å²) in [6.45, 7) is 4.87. The summed E-state index contributed by atoms with van der Waals surface area (Å²) < 4.78 is 5.16. The van der Waals surface area contributed by atoms with Crippen LogP contribution in [0.3, 0.4) is 0 Å². The molecule has 0 atom stereocenters. The Bertz CT molecular complexity index is 1120. The third kappa shape index (κ3) is 7.15. The molecule has 0 aliphatic carbocycles. The van der Waals surface area contributed by atoms with Crippen molar-refractivity contribution < 1.29 is 14.3 Å². The predicted octanol–water partition coefficient (Wildman–Crippen LogP) is 4.09. The summed E-state index contributed by atoms with van der Waals surface area (Å²) in [6.07, 6.45) is 1.01. The van der Waals surface area contributed by atoms with Crippen molar-refractivity contribution in [2.45, 2.75) is 13.0 Å². The summed E-state index contributed by atoms with van der Waals surface area (Å²) in [5.41, 5.74) is 2.88. The Kier molecular flexibility index (Phi) is 8.48. The van der Waals surface area contributed by atoms with E-state index in [1.165, 1.54) is 5.56 Å². The van der Waals surface area contributed by atoms with Crippen LogP contribution in [0.4, 0.5) is 11.4 Å². The SMILES string of the molecule is COc1ccc(NC(=O)c2ccccc2NC(=O)CN2CCCN(Cc3ccccc3)CC2)cc1. The minimum Gasteiger partial charge on any atom is -0.497 e. The van der Waals surface area contributed by atoms with Gasteiger partial charge in [-0.2, -0.15) is 0 Å². The molecule has 3 aromatic rings. The number of hydrogen-bond acceptors (Lipinski definition) is 5. The highest BCUT2D eigenvalue weighted by molar-refractivity contribution is 6.10. The first kappa shape index (κ1) is 24.4. The van der Waals surface area contributed by atoms with Crippen LogP contribution in [0.25, 0.3) is 0 Å². The van der Waals surface area contributed by atoms with Gasteiger partial charge in [-0.3, -0.25) is 19.4 Å². The summed E-state index contributed by atoms with van der Waals surface area (Å²) in [7, 11) is 1.60. The van der Waals surface area contributed by atoms with Gasteiger partial charge in [0.25, 0.3) is 5.91 Å². The van der Waals surface area contributed by atoms with Crippen LogP contribution in [0.15, 0.2) is 78.9 Å². The van der Waals surface area contributed by atoms with Gasteiger partial charge < -0.3 is 15.4 Å². The number of rotatable bonds is 8. The Morgan fingerprint density at radius 2 is 1.49 bits per heavy atom. The average Bonchev–Trinajstić information content (AvgIpc) is 3.10. The second-order valence-electron chi connectivity index (χ2n) is 8.67. The quantitative estimate of drug-likeness (QED) is 0.517. The maximum Gasteiger partial charge on any atom is 0.257 e. The molecule has 0 aromatic heterocycles. The van der Waals surface area contributed by atoms with Crippen LogP contribution in [-0.2, 0) is 11.3 Å². The first-order valence-electron chi connectivity index (χ1n) is 11.9. The zero-order valence-corrected chi connectivity index (χ0v) is 20.1. The number of benzene rings is 3. The van der Waals surface area contributed by atoms with E-state index in [0.29, 0.717) is 29.2 Å². The zero-order valence-electron chi connectivity index (χ0n) is 20.1. The van der Waals surface area contributed by atoms with Gasteiger partial charge in [0.15, 0.2) is 0 Å². The fraction of sp³-hybridized carbons (Fsp3) is 0.286. The van der Waals surface area contributed by atoms with Gasteiger partial charge in [0, 0.05) is 25.3 Å². The lowest BCUT2D eigenvalue weighted by Gasteiger charge is -2.21. The van der Waals surface area contributed by atoms with Gasteiger partial charge >= 0.3 is 0 Å². The molecule has 4 rings (SSSR count). The molecule has 1 heterocycles. The maximum absolute atomic E-state index is 12.9. The highest BCUT2D eigenvalue weighted by Gasteiger charge is 2.19. The largest absolute Gasteiger partial charge is 0.497 e. The average molecular weight is 473 g/mol. The molecule has 35 heavy (non-hydrogen) atoms. The lowest BCUT2D eigenvalue weighted by Crippen LogP contribution is -2.36. The molecule has 1 fully saturated rings. The number of carbonyl (C=O) groups excluding carboxylic acids is 2. The monoisotopic (exact) mass is 472 g/mol. The zero-order chi connectivity index (χ0) is 24.5.